The third-order valence-corrected chi connectivity index (χ3v) is 6.64. The second kappa shape index (κ2) is 10.3. The number of aromatic nitrogens is 4. The van der Waals surface area contributed by atoms with Crippen LogP contribution in [0.3, 0.4) is 0 Å². The zero-order valence-electron chi connectivity index (χ0n) is 21.3. The molecule has 40 heavy (non-hydrogen) atoms. The predicted molar refractivity (Wildman–Crippen MR) is 155 cm³/mol. The lowest BCUT2D eigenvalue weighted by molar-refractivity contribution is 0.584. The van der Waals surface area contributed by atoms with Gasteiger partial charge in [-0.05, 0) is 76.9 Å². The van der Waals surface area contributed by atoms with Gasteiger partial charge in [-0.25, -0.2) is 0 Å². The van der Waals surface area contributed by atoms with Gasteiger partial charge in [-0.15, -0.1) is 20.4 Å². The van der Waals surface area contributed by atoms with E-state index in [2.05, 4.69) is 68.9 Å². The minimum atomic E-state index is 0.485. The maximum absolute atomic E-state index is 5.98. The third-order valence-electron chi connectivity index (χ3n) is 6.64. The molecule has 0 amide bonds. The lowest BCUT2D eigenvalue weighted by Crippen LogP contribution is -1.85. The summed E-state index contributed by atoms with van der Waals surface area (Å²) < 4.78 is 12.0. The van der Waals surface area contributed by atoms with E-state index in [1.165, 1.54) is 0 Å². The van der Waals surface area contributed by atoms with Gasteiger partial charge in [0.05, 0.1) is 0 Å². The van der Waals surface area contributed by atoms with Crippen LogP contribution < -0.4 is 0 Å². The molecule has 0 aliphatic heterocycles. The molecule has 0 radical (unpaired) electrons. The molecule has 6 nitrogen and oxygen atoms in total. The van der Waals surface area contributed by atoms with Crippen molar-refractivity contribution in [2.75, 3.05) is 0 Å². The smallest absolute Gasteiger partial charge is 0.248 e. The fourth-order valence-corrected chi connectivity index (χ4v) is 4.62. The quantitative estimate of drug-likeness (QED) is 0.220. The molecule has 7 rings (SSSR count). The van der Waals surface area contributed by atoms with Crippen molar-refractivity contribution < 1.29 is 8.83 Å². The first kappa shape index (κ1) is 23.5. The fraction of sp³-hybridized carbons (Fsp3) is 0. The van der Waals surface area contributed by atoms with Gasteiger partial charge in [-0.2, -0.15) is 0 Å². The average Bonchev–Trinajstić information content (AvgIpc) is 3.74. The van der Waals surface area contributed by atoms with Crippen LogP contribution in [0.15, 0.2) is 142 Å². The van der Waals surface area contributed by atoms with Gasteiger partial charge < -0.3 is 8.83 Å². The Morgan fingerprint density at radius 2 is 0.550 bits per heavy atom. The van der Waals surface area contributed by atoms with E-state index in [1.807, 2.05) is 84.9 Å². The topological polar surface area (TPSA) is 77.8 Å². The van der Waals surface area contributed by atoms with E-state index in [0.717, 1.165) is 44.5 Å². The highest BCUT2D eigenvalue weighted by atomic mass is 16.4. The Labute approximate surface area is 230 Å². The molecule has 190 valence electrons. The van der Waals surface area contributed by atoms with Gasteiger partial charge in [0, 0.05) is 22.3 Å². The minimum absolute atomic E-state index is 0.485. The second-order valence-corrected chi connectivity index (χ2v) is 9.30. The molecule has 7 aromatic rings. The van der Waals surface area contributed by atoms with Gasteiger partial charge >= 0.3 is 0 Å². The molecule has 0 saturated heterocycles. The molecule has 0 N–H and O–H groups in total. The first-order valence-corrected chi connectivity index (χ1v) is 12.9. The summed E-state index contributed by atoms with van der Waals surface area (Å²) in [5, 5.41) is 17.0. The second-order valence-electron chi connectivity index (χ2n) is 9.30. The van der Waals surface area contributed by atoms with Gasteiger partial charge in [0.25, 0.3) is 0 Å². The van der Waals surface area contributed by atoms with Crippen LogP contribution >= 0.6 is 0 Å². The molecule has 2 heterocycles. The van der Waals surface area contributed by atoms with Crippen molar-refractivity contribution in [1.29, 1.82) is 0 Å². The van der Waals surface area contributed by atoms with E-state index in [-0.39, 0.29) is 0 Å². The summed E-state index contributed by atoms with van der Waals surface area (Å²) in [6.07, 6.45) is 0. The number of nitrogens with zero attached hydrogens (tertiary/aromatic N) is 4. The molecule has 6 heteroatoms. The van der Waals surface area contributed by atoms with Crippen LogP contribution in [-0.4, -0.2) is 20.4 Å². The molecule has 0 saturated carbocycles. The first-order valence-electron chi connectivity index (χ1n) is 12.9. The lowest BCUT2D eigenvalue weighted by atomic mass is 9.97. The molecular formula is C34H22N4O2. The Morgan fingerprint density at radius 3 is 0.925 bits per heavy atom. The Morgan fingerprint density at radius 1 is 0.275 bits per heavy atom. The van der Waals surface area contributed by atoms with Crippen molar-refractivity contribution in [2.24, 2.45) is 0 Å². The van der Waals surface area contributed by atoms with Crippen molar-refractivity contribution in [2.45, 2.75) is 0 Å². The van der Waals surface area contributed by atoms with E-state index in [0.29, 0.717) is 23.6 Å². The van der Waals surface area contributed by atoms with Crippen molar-refractivity contribution in [3.05, 3.63) is 133 Å². The lowest BCUT2D eigenvalue weighted by Gasteiger charge is -2.08. The highest BCUT2D eigenvalue weighted by Crippen LogP contribution is 2.32. The molecular weight excluding hydrogens is 496 g/mol. The monoisotopic (exact) mass is 518 g/mol. The van der Waals surface area contributed by atoms with Crippen LogP contribution in [-0.2, 0) is 0 Å². The van der Waals surface area contributed by atoms with E-state index in [1.54, 1.807) is 0 Å². The van der Waals surface area contributed by atoms with E-state index in [9.17, 15) is 0 Å². The molecule has 0 aliphatic rings. The SMILES string of the molecule is c1ccc(-c2nnc(-c3cccc(-c4cccc(-c5cccc(-c6nnc(-c7ccccc7)o6)c5)c4)c3)o2)cc1. The zero-order chi connectivity index (χ0) is 26.7. The van der Waals surface area contributed by atoms with Crippen molar-refractivity contribution in [3.63, 3.8) is 0 Å². The molecule has 5 aromatic carbocycles. The molecule has 0 bridgehead atoms. The highest BCUT2D eigenvalue weighted by molar-refractivity contribution is 5.77. The van der Waals surface area contributed by atoms with E-state index < -0.39 is 0 Å². The summed E-state index contributed by atoms with van der Waals surface area (Å²) in [4.78, 5) is 0. The molecule has 0 aliphatic carbocycles. The standard InChI is InChI=1S/C34H22N4O2/c1-3-10-23(11-4-1)31-35-37-33(39-31)29-18-8-16-27(21-29)25-14-7-15-26(20-25)28-17-9-19-30(22-28)34-38-36-32(40-34)24-12-5-2-6-13-24/h1-22H. The van der Waals surface area contributed by atoms with E-state index >= 15 is 0 Å². The Kier molecular flexibility index (Phi) is 6.03. The van der Waals surface area contributed by atoms with Gasteiger partial charge in [0.15, 0.2) is 0 Å². The maximum atomic E-state index is 5.98. The Hall–Kier alpha value is -5.62. The van der Waals surface area contributed by atoms with Crippen LogP contribution in [0.5, 0.6) is 0 Å². The minimum Gasteiger partial charge on any atom is -0.416 e. The summed E-state index contributed by atoms with van der Waals surface area (Å²) in [6, 6.07) is 44.2. The zero-order valence-corrected chi connectivity index (χ0v) is 21.3. The van der Waals surface area contributed by atoms with Crippen LogP contribution in [0.4, 0.5) is 0 Å². The summed E-state index contributed by atoms with van der Waals surface area (Å²) in [7, 11) is 0. The molecule has 2 aromatic heterocycles. The first-order chi connectivity index (χ1) is 19.8. The summed E-state index contributed by atoms with van der Waals surface area (Å²) >= 11 is 0. The summed E-state index contributed by atoms with van der Waals surface area (Å²) in [5.41, 5.74) is 7.79. The molecule has 0 spiro atoms. The Balaban J connectivity index is 1.17. The molecule has 0 atom stereocenters. The van der Waals surface area contributed by atoms with Crippen molar-refractivity contribution in [3.8, 4) is 68.1 Å². The molecule has 0 fully saturated rings. The van der Waals surface area contributed by atoms with Gasteiger partial charge in [-0.1, -0.05) is 78.9 Å². The van der Waals surface area contributed by atoms with Crippen LogP contribution in [0.1, 0.15) is 0 Å². The van der Waals surface area contributed by atoms with Gasteiger partial charge in [0.2, 0.25) is 23.6 Å². The van der Waals surface area contributed by atoms with Gasteiger partial charge in [-0.3, -0.25) is 0 Å². The van der Waals surface area contributed by atoms with Crippen molar-refractivity contribution >= 4 is 0 Å². The Bertz CT molecular complexity index is 1770. The predicted octanol–water partition coefficient (Wildman–Crippen LogP) is 8.45. The number of rotatable bonds is 6. The average molecular weight is 519 g/mol. The fourth-order valence-electron chi connectivity index (χ4n) is 4.62. The molecule has 0 unspecified atom stereocenters. The number of benzene rings is 5. The summed E-state index contributed by atoms with van der Waals surface area (Å²) in [5.74, 6) is 1.97. The van der Waals surface area contributed by atoms with Crippen molar-refractivity contribution in [1.82, 2.24) is 20.4 Å². The highest BCUT2D eigenvalue weighted by Gasteiger charge is 2.13. The van der Waals surface area contributed by atoms with Crippen LogP contribution in [0.2, 0.25) is 0 Å². The normalized spacial score (nSPS) is 11.0. The summed E-state index contributed by atoms with van der Waals surface area (Å²) in [6.45, 7) is 0. The number of hydrogen-bond donors (Lipinski definition) is 0. The third kappa shape index (κ3) is 4.70. The number of hydrogen-bond acceptors (Lipinski definition) is 6. The largest absolute Gasteiger partial charge is 0.416 e. The van der Waals surface area contributed by atoms with E-state index in [4.69, 9.17) is 8.83 Å². The maximum Gasteiger partial charge on any atom is 0.248 e. The van der Waals surface area contributed by atoms with Gasteiger partial charge in [0.1, 0.15) is 0 Å². The van der Waals surface area contributed by atoms with Crippen LogP contribution in [0.25, 0.3) is 68.1 Å². The van der Waals surface area contributed by atoms with Crippen LogP contribution in [0, 0.1) is 0 Å².